The summed E-state index contributed by atoms with van der Waals surface area (Å²) >= 11 is 0. The van der Waals surface area contributed by atoms with E-state index in [-0.39, 0.29) is 11.8 Å². The van der Waals surface area contributed by atoms with E-state index in [4.69, 9.17) is 4.74 Å². The average molecular weight is 299 g/mol. The fraction of sp³-hybridized carbons (Fsp3) is 0.500. The molecule has 4 heteroatoms. The van der Waals surface area contributed by atoms with Crippen molar-refractivity contribution in [2.45, 2.75) is 25.4 Å². The molecule has 1 saturated carbocycles. The molecule has 1 amide bonds. The van der Waals surface area contributed by atoms with Crippen LogP contribution >= 0.6 is 0 Å². The van der Waals surface area contributed by atoms with E-state index < -0.39 is 5.60 Å². The Morgan fingerprint density at radius 2 is 2.09 bits per heavy atom. The van der Waals surface area contributed by atoms with Gasteiger partial charge in [-0.1, -0.05) is 18.1 Å². The van der Waals surface area contributed by atoms with Gasteiger partial charge in [0.2, 0.25) is 0 Å². The van der Waals surface area contributed by atoms with Gasteiger partial charge >= 0.3 is 0 Å². The normalized spacial score (nSPS) is 29.7. The van der Waals surface area contributed by atoms with E-state index in [0.717, 1.165) is 24.2 Å². The summed E-state index contributed by atoms with van der Waals surface area (Å²) < 4.78 is 5.18. The Morgan fingerprint density at radius 3 is 2.73 bits per heavy atom. The number of carbonyl (C=O) groups excluding carboxylic acids is 1. The molecule has 4 nitrogen and oxygen atoms in total. The highest BCUT2D eigenvalue weighted by molar-refractivity contribution is 5.93. The minimum absolute atomic E-state index is 0.0866. The van der Waals surface area contributed by atoms with Crippen LogP contribution in [0.1, 0.15) is 25.3 Å². The van der Waals surface area contributed by atoms with Crippen LogP contribution in [0.25, 0.3) is 0 Å². The van der Waals surface area contributed by atoms with Crippen molar-refractivity contribution >= 4 is 5.91 Å². The second-order valence-corrected chi connectivity index (χ2v) is 6.14. The number of hydrogen-bond donors (Lipinski definition) is 1. The molecular formula is C18H21NO3. The van der Waals surface area contributed by atoms with Gasteiger partial charge in [0.05, 0.1) is 12.7 Å². The molecule has 1 N–H and O–H groups in total. The molecule has 1 aromatic carbocycles. The molecule has 3 rings (SSSR count). The Kier molecular flexibility index (Phi) is 3.84. The van der Waals surface area contributed by atoms with E-state index in [0.29, 0.717) is 19.0 Å². The molecule has 1 aliphatic carbocycles. The van der Waals surface area contributed by atoms with Crippen molar-refractivity contribution in [3.05, 3.63) is 29.8 Å². The number of methoxy groups -OCH3 is 1. The number of fused-ring (bicyclic) bond motifs is 1. The minimum atomic E-state index is -0.856. The molecule has 1 saturated heterocycles. The average Bonchev–Trinajstić information content (AvgIpc) is 3.09. The van der Waals surface area contributed by atoms with Crippen LogP contribution in [0.15, 0.2) is 24.3 Å². The van der Waals surface area contributed by atoms with Gasteiger partial charge in [0.25, 0.3) is 5.91 Å². The molecular weight excluding hydrogens is 278 g/mol. The van der Waals surface area contributed by atoms with Gasteiger partial charge in [-0.15, -0.1) is 0 Å². The zero-order valence-electron chi connectivity index (χ0n) is 13.0. The van der Waals surface area contributed by atoms with Crippen LogP contribution in [0.2, 0.25) is 0 Å². The van der Waals surface area contributed by atoms with Gasteiger partial charge in [0, 0.05) is 19.0 Å². The van der Waals surface area contributed by atoms with Gasteiger partial charge in [0.15, 0.2) is 0 Å². The molecule has 0 aromatic heterocycles. The Balaban J connectivity index is 1.82. The highest BCUT2D eigenvalue weighted by Crippen LogP contribution is 2.50. The summed E-state index contributed by atoms with van der Waals surface area (Å²) in [5.74, 6) is 6.35. The predicted molar refractivity (Wildman–Crippen MR) is 83.1 cm³/mol. The minimum Gasteiger partial charge on any atom is -0.497 e. The predicted octanol–water partition coefficient (Wildman–Crippen LogP) is 1.77. The number of benzene rings is 1. The molecule has 1 aliphatic heterocycles. The fourth-order valence-electron chi connectivity index (χ4n) is 3.89. The van der Waals surface area contributed by atoms with Crippen LogP contribution in [-0.4, -0.2) is 36.1 Å². The van der Waals surface area contributed by atoms with E-state index in [1.807, 2.05) is 24.3 Å². The summed E-state index contributed by atoms with van der Waals surface area (Å²) in [6, 6.07) is 7.61. The van der Waals surface area contributed by atoms with Crippen LogP contribution in [0, 0.1) is 23.7 Å². The first-order valence-electron chi connectivity index (χ1n) is 7.67. The van der Waals surface area contributed by atoms with Crippen LogP contribution < -0.4 is 4.74 Å². The number of amides is 1. The number of hydrogen-bond acceptors (Lipinski definition) is 3. The highest BCUT2D eigenvalue weighted by atomic mass is 16.5. The third-order valence-electron chi connectivity index (χ3n) is 5.06. The van der Waals surface area contributed by atoms with Crippen LogP contribution in [0.4, 0.5) is 0 Å². The van der Waals surface area contributed by atoms with Crippen LogP contribution in [0.5, 0.6) is 5.75 Å². The van der Waals surface area contributed by atoms with Gasteiger partial charge in [0.1, 0.15) is 5.75 Å². The second kappa shape index (κ2) is 5.66. The first-order chi connectivity index (χ1) is 10.6. The summed E-state index contributed by atoms with van der Waals surface area (Å²) in [6.45, 7) is 2.96. The molecule has 0 bridgehead atoms. The van der Waals surface area contributed by atoms with E-state index in [1.54, 1.807) is 18.9 Å². The smallest absolute Gasteiger partial charge is 0.298 e. The lowest BCUT2D eigenvalue weighted by atomic mass is 9.82. The van der Waals surface area contributed by atoms with E-state index in [2.05, 4.69) is 11.8 Å². The maximum Gasteiger partial charge on any atom is 0.298 e. The first-order valence-corrected chi connectivity index (χ1v) is 7.67. The molecule has 2 fully saturated rings. The zero-order chi connectivity index (χ0) is 15.7. The number of ether oxygens (including phenoxy) is 1. The SMILES string of the molecule is CC#CC(=O)N1C[C@H]2CC[C@](O)(c3ccc(OC)cc3)[C@H]2C1. The van der Waals surface area contributed by atoms with Gasteiger partial charge < -0.3 is 14.7 Å². The molecule has 0 radical (unpaired) electrons. The van der Waals surface area contributed by atoms with E-state index >= 15 is 0 Å². The summed E-state index contributed by atoms with van der Waals surface area (Å²) in [7, 11) is 1.63. The molecule has 2 aliphatic rings. The summed E-state index contributed by atoms with van der Waals surface area (Å²) in [5.41, 5.74) is 0.0580. The van der Waals surface area contributed by atoms with Crippen molar-refractivity contribution in [2.75, 3.05) is 20.2 Å². The van der Waals surface area contributed by atoms with Crippen molar-refractivity contribution in [1.82, 2.24) is 4.90 Å². The van der Waals surface area contributed by atoms with Crippen molar-refractivity contribution in [3.8, 4) is 17.6 Å². The highest BCUT2D eigenvalue weighted by Gasteiger charge is 2.53. The third-order valence-corrected chi connectivity index (χ3v) is 5.06. The fourth-order valence-corrected chi connectivity index (χ4v) is 3.89. The molecule has 0 unspecified atom stereocenters. The number of likely N-dealkylation sites (tertiary alicyclic amines) is 1. The quantitative estimate of drug-likeness (QED) is 0.847. The molecule has 116 valence electrons. The second-order valence-electron chi connectivity index (χ2n) is 6.14. The Bertz CT molecular complexity index is 628. The summed E-state index contributed by atoms with van der Waals surface area (Å²) in [5, 5.41) is 11.2. The van der Waals surface area contributed by atoms with Crippen molar-refractivity contribution in [2.24, 2.45) is 11.8 Å². The van der Waals surface area contributed by atoms with Crippen molar-refractivity contribution in [3.63, 3.8) is 0 Å². The Labute approximate surface area is 131 Å². The molecule has 22 heavy (non-hydrogen) atoms. The van der Waals surface area contributed by atoms with Gasteiger partial charge in [-0.25, -0.2) is 0 Å². The monoisotopic (exact) mass is 299 g/mol. The van der Waals surface area contributed by atoms with Crippen LogP contribution in [0.3, 0.4) is 0 Å². The zero-order valence-corrected chi connectivity index (χ0v) is 13.0. The number of carbonyl (C=O) groups is 1. The van der Waals surface area contributed by atoms with Crippen molar-refractivity contribution in [1.29, 1.82) is 0 Å². The first kappa shape index (κ1) is 14.9. The summed E-state index contributed by atoms with van der Waals surface area (Å²) in [6.07, 6.45) is 1.69. The molecule has 1 heterocycles. The lowest BCUT2D eigenvalue weighted by Gasteiger charge is -2.30. The van der Waals surface area contributed by atoms with E-state index in [9.17, 15) is 9.90 Å². The van der Waals surface area contributed by atoms with Gasteiger partial charge in [-0.3, -0.25) is 4.79 Å². The number of aliphatic hydroxyl groups is 1. The Morgan fingerprint density at radius 1 is 1.36 bits per heavy atom. The van der Waals surface area contributed by atoms with Gasteiger partial charge in [-0.2, -0.15) is 0 Å². The maximum absolute atomic E-state index is 12.0. The summed E-state index contributed by atoms with van der Waals surface area (Å²) in [4.78, 5) is 13.7. The molecule has 1 aromatic rings. The largest absolute Gasteiger partial charge is 0.497 e. The topological polar surface area (TPSA) is 49.8 Å². The van der Waals surface area contributed by atoms with E-state index in [1.165, 1.54) is 0 Å². The number of rotatable bonds is 2. The van der Waals surface area contributed by atoms with Crippen molar-refractivity contribution < 1.29 is 14.6 Å². The lowest BCUT2D eigenvalue weighted by Crippen LogP contribution is -2.36. The Hall–Kier alpha value is -1.99. The standard InChI is InChI=1S/C18H21NO3/c1-3-4-17(20)19-11-13-9-10-18(21,16(13)12-19)14-5-7-15(22-2)8-6-14/h5-8,13,16,21H,9-12H2,1-2H3/t13-,16+,18+/m1/s1. The molecule has 0 spiro atoms. The third kappa shape index (κ3) is 2.36. The maximum atomic E-state index is 12.0. The van der Waals surface area contributed by atoms with Crippen LogP contribution in [-0.2, 0) is 10.4 Å². The van der Waals surface area contributed by atoms with Gasteiger partial charge in [-0.05, 0) is 49.3 Å². The molecule has 3 atom stereocenters. The lowest BCUT2D eigenvalue weighted by molar-refractivity contribution is -0.124. The number of nitrogens with zero attached hydrogens (tertiary/aromatic N) is 1.